The molecule has 0 fully saturated rings. The van der Waals surface area contributed by atoms with Crippen LogP contribution < -0.4 is 4.84 Å². The molecule has 0 aliphatic heterocycles. The van der Waals surface area contributed by atoms with E-state index in [1.165, 1.54) is 5.23 Å². The van der Waals surface area contributed by atoms with Crippen LogP contribution >= 0.6 is 0 Å². The first-order chi connectivity index (χ1) is 5.74. The molecule has 0 bridgehead atoms. The maximum atomic E-state index is 5.31. The van der Waals surface area contributed by atoms with Crippen LogP contribution in [0.3, 0.4) is 0 Å². The highest BCUT2D eigenvalue weighted by atomic mass is 16.9. The highest BCUT2D eigenvalue weighted by molar-refractivity contribution is 5.31. The van der Waals surface area contributed by atoms with Crippen molar-refractivity contribution in [3.05, 3.63) is 29.8 Å². The van der Waals surface area contributed by atoms with Crippen molar-refractivity contribution in [2.24, 2.45) is 0 Å². The second-order valence-electron chi connectivity index (χ2n) is 2.48. The van der Waals surface area contributed by atoms with E-state index in [0.29, 0.717) is 0 Å². The van der Waals surface area contributed by atoms with Gasteiger partial charge in [-0.2, -0.15) is 0 Å². The molecular weight excluding hydrogens is 154 g/mol. The lowest BCUT2D eigenvalue weighted by Crippen LogP contribution is -2.21. The summed E-state index contributed by atoms with van der Waals surface area (Å²) in [5.74, 6) is 0.807. The van der Waals surface area contributed by atoms with Crippen LogP contribution in [0.1, 0.15) is 5.56 Å². The van der Waals surface area contributed by atoms with Crippen molar-refractivity contribution in [1.82, 2.24) is 5.23 Å². The van der Waals surface area contributed by atoms with E-state index < -0.39 is 0 Å². The smallest absolute Gasteiger partial charge is 0.153 e. The number of hydroxylamine groups is 2. The lowest BCUT2D eigenvalue weighted by Gasteiger charge is -2.15. The third-order valence-electron chi connectivity index (χ3n) is 1.58. The van der Waals surface area contributed by atoms with Crippen LogP contribution in [-0.2, 0) is 4.84 Å². The van der Waals surface area contributed by atoms with Crippen LogP contribution in [0, 0.1) is 6.92 Å². The maximum absolute atomic E-state index is 5.31. The molecule has 0 amide bonds. The Bertz CT molecular complexity index is 250. The molecule has 12 heavy (non-hydrogen) atoms. The molecule has 0 spiro atoms. The molecule has 0 unspecified atom stereocenters. The van der Waals surface area contributed by atoms with Gasteiger partial charge in [-0.1, -0.05) is 18.2 Å². The molecule has 3 heteroatoms. The summed E-state index contributed by atoms with van der Waals surface area (Å²) in [7, 11) is 3.25. The number of rotatable bonds is 3. The Morgan fingerprint density at radius 1 is 1.25 bits per heavy atom. The summed E-state index contributed by atoms with van der Waals surface area (Å²) in [6, 6.07) is 7.77. The third kappa shape index (κ3) is 2.22. The highest BCUT2D eigenvalue weighted by Crippen LogP contribution is 2.16. The van der Waals surface area contributed by atoms with E-state index in [0.717, 1.165) is 11.3 Å². The van der Waals surface area contributed by atoms with Crippen molar-refractivity contribution in [3.8, 4) is 5.75 Å². The van der Waals surface area contributed by atoms with E-state index in [4.69, 9.17) is 9.68 Å². The predicted molar refractivity (Wildman–Crippen MR) is 46.6 cm³/mol. The van der Waals surface area contributed by atoms with Crippen molar-refractivity contribution in [2.45, 2.75) is 6.92 Å². The zero-order valence-corrected chi connectivity index (χ0v) is 7.57. The maximum Gasteiger partial charge on any atom is 0.153 e. The number of nitrogens with zero attached hydrogens (tertiary/aromatic N) is 1. The largest absolute Gasteiger partial charge is 0.381 e. The number of aryl methyl sites for hydroxylation is 1. The average molecular weight is 167 g/mol. The van der Waals surface area contributed by atoms with E-state index in [1.54, 1.807) is 14.2 Å². The second-order valence-corrected chi connectivity index (χ2v) is 2.48. The molecule has 0 atom stereocenters. The lowest BCUT2D eigenvalue weighted by atomic mass is 10.2. The first-order valence-corrected chi connectivity index (χ1v) is 3.75. The molecule has 1 aromatic carbocycles. The quantitative estimate of drug-likeness (QED) is 0.640. The summed E-state index contributed by atoms with van der Waals surface area (Å²) in [6.07, 6.45) is 0. The van der Waals surface area contributed by atoms with Gasteiger partial charge in [0, 0.05) is 0 Å². The Morgan fingerprint density at radius 2 is 1.92 bits per heavy atom. The minimum atomic E-state index is 0.807. The van der Waals surface area contributed by atoms with Crippen LogP contribution in [0.5, 0.6) is 5.75 Å². The van der Waals surface area contributed by atoms with Crippen molar-refractivity contribution in [2.75, 3.05) is 14.2 Å². The fraction of sp³-hybridized carbons (Fsp3) is 0.333. The van der Waals surface area contributed by atoms with Crippen LogP contribution in [0.2, 0.25) is 0 Å². The monoisotopic (exact) mass is 167 g/mol. The summed E-state index contributed by atoms with van der Waals surface area (Å²) in [5, 5.41) is 1.31. The Balaban J connectivity index is 2.69. The van der Waals surface area contributed by atoms with Gasteiger partial charge in [0.05, 0.1) is 14.2 Å². The van der Waals surface area contributed by atoms with Crippen LogP contribution in [0.4, 0.5) is 0 Å². The predicted octanol–water partition coefficient (Wildman–Crippen LogP) is 1.78. The molecule has 0 heterocycles. The molecule has 0 N–H and O–H groups in total. The number of hydrogen-bond acceptors (Lipinski definition) is 3. The number of para-hydroxylation sites is 1. The Labute approximate surface area is 72.4 Å². The fourth-order valence-corrected chi connectivity index (χ4v) is 0.835. The molecule has 0 radical (unpaired) electrons. The topological polar surface area (TPSA) is 21.7 Å². The van der Waals surface area contributed by atoms with Crippen molar-refractivity contribution in [3.63, 3.8) is 0 Å². The van der Waals surface area contributed by atoms with Gasteiger partial charge < -0.3 is 4.84 Å². The molecule has 1 aromatic rings. The number of hydrogen-bond donors (Lipinski definition) is 0. The molecule has 0 aliphatic carbocycles. The van der Waals surface area contributed by atoms with E-state index in [9.17, 15) is 0 Å². The van der Waals surface area contributed by atoms with E-state index in [-0.39, 0.29) is 0 Å². The lowest BCUT2D eigenvalue weighted by molar-refractivity contribution is -0.284. The molecule has 66 valence electrons. The minimum Gasteiger partial charge on any atom is -0.381 e. The molecular formula is C9H13NO2. The van der Waals surface area contributed by atoms with Gasteiger partial charge in [0.1, 0.15) is 0 Å². The van der Waals surface area contributed by atoms with E-state index in [1.807, 2.05) is 31.2 Å². The van der Waals surface area contributed by atoms with Gasteiger partial charge >= 0.3 is 0 Å². The minimum absolute atomic E-state index is 0.807. The first-order valence-electron chi connectivity index (χ1n) is 3.75. The molecule has 3 nitrogen and oxygen atoms in total. The molecule has 0 aromatic heterocycles. The van der Waals surface area contributed by atoms with E-state index in [2.05, 4.69) is 0 Å². The van der Waals surface area contributed by atoms with Gasteiger partial charge in [-0.25, -0.2) is 0 Å². The van der Waals surface area contributed by atoms with Gasteiger partial charge in [-0.05, 0) is 23.8 Å². The van der Waals surface area contributed by atoms with Crippen LogP contribution in [0.25, 0.3) is 0 Å². The standard InChI is InChI=1S/C9H13NO2/c1-8-6-4-5-7-9(8)12-10(2)11-3/h4-7H,1-3H3. The molecule has 0 saturated carbocycles. The average Bonchev–Trinajstić information content (AvgIpc) is 2.09. The Hall–Kier alpha value is -1.06. The number of benzene rings is 1. The highest BCUT2D eigenvalue weighted by Gasteiger charge is 2.00. The van der Waals surface area contributed by atoms with Crippen molar-refractivity contribution < 1.29 is 9.68 Å². The zero-order valence-electron chi connectivity index (χ0n) is 7.57. The zero-order chi connectivity index (χ0) is 8.97. The Morgan fingerprint density at radius 3 is 2.50 bits per heavy atom. The molecule has 1 rings (SSSR count). The van der Waals surface area contributed by atoms with Gasteiger partial charge in [0.25, 0.3) is 0 Å². The fourth-order valence-electron chi connectivity index (χ4n) is 0.835. The van der Waals surface area contributed by atoms with Crippen molar-refractivity contribution >= 4 is 0 Å². The second kappa shape index (κ2) is 4.09. The van der Waals surface area contributed by atoms with Crippen LogP contribution in [0.15, 0.2) is 24.3 Å². The SMILES string of the molecule is CON(C)Oc1ccccc1C. The van der Waals surface area contributed by atoms with Crippen molar-refractivity contribution in [1.29, 1.82) is 0 Å². The normalized spacial score (nSPS) is 10.3. The molecule has 0 aliphatic rings. The van der Waals surface area contributed by atoms with E-state index >= 15 is 0 Å². The summed E-state index contributed by atoms with van der Waals surface area (Å²) in [4.78, 5) is 10.1. The Kier molecular flexibility index (Phi) is 3.08. The van der Waals surface area contributed by atoms with Gasteiger partial charge in [-0.15, -0.1) is 0 Å². The van der Waals surface area contributed by atoms with Crippen LogP contribution in [-0.4, -0.2) is 19.4 Å². The summed E-state index contributed by atoms with van der Waals surface area (Å²) in [6.45, 7) is 1.98. The van der Waals surface area contributed by atoms with Gasteiger partial charge in [-0.3, -0.25) is 4.84 Å². The van der Waals surface area contributed by atoms with Gasteiger partial charge in [0.15, 0.2) is 5.75 Å². The first kappa shape index (κ1) is 9.03. The third-order valence-corrected chi connectivity index (χ3v) is 1.58. The van der Waals surface area contributed by atoms with Gasteiger partial charge in [0.2, 0.25) is 0 Å². The summed E-state index contributed by atoms with van der Waals surface area (Å²) >= 11 is 0. The molecule has 0 saturated heterocycles. The summed E-state index contributed by atoms with van der Waals surface area (Å²) in [5.41, 5.74) is 1.08. The summed E-state index contributed by atoms with van der Waals surface area (Å²) < 4.78 is 0.